The van der Waals surface area contributed by atoms with Gasteiger partial charge < -0.3 is 19.7 Å². The highest BCUT2D eigenvalue weighted by Crippen LogP contribution is 2.30. The molecule has 1 aliphatic rings. The molecule has 1 N–H and O–H groups in total. The van der Waals surface area contributed by atoms with Crippen LogP contribution >= 0.6 is 0 Å². The van der Waals surface area contributed by atoms with Crippen LogP contribution in [0.5, 0.6) is 5.75 Å². The average Bonchev–Trinajstić information content (AvgIpc) is 3.14. The lowest BCUT2D eigenvalue weighted by Gasteiger charge is -2.17. The molecule has 0 aliphatic carbocycles. The molecule has 0 bridgehead atoms. The van der Waals surface area contributed by atoms with Crippen molar-refractivity contribution in [3.8, 4) is 5.75 Å². The molecule has 1 fully saturated rings. The molecule has 162 valence electrons. The van der Waals surface area contributed by atoms with Gasteiger partial charge in [-0.3, -0.25) is 24.5 Å². The molecule has 0 radical (unpaired) electrons. The van der Waals surface area contributed by atoms with Crippen molar-refractivity contribution >= 4 is 34.8 Å². The third-order valence-corrected chi connectivity index (χ3v) is 4.89. The van der Waals surface area contributed by atoms with Crippen LogP contribution in [0, 0.1) is 23.0 Å². The molecule has 10 nitrogen and oxygen atoms in total. The number of para-hydroxylation sites is 2. The number of carbonyl (C=O) groups is 3. The monoisotopic (exact) mass is 427 g/mol. The predicted octanol–water partition coefficient (Wildman–Crippen LogP) is 2.45. The first-order valence-corrected chi connectivity index (χ1v) is 9.45. The highest BCUT2D eigenvalue weighted by atomic mass is 16.6. The van der Waals surface area contributed by atoms with Crippen molar-refractivity contribution in [2.24, 2.45) is 5.92 Å². The third-order valence-electron chi connectivity index (χ3n) is 4.89. The SMILES string of the molecule is COc1ccccc1NC(=O)COC(=O)[C@@H]1CC(=O)N(c2ccc(C)c([N+](=O)[O-])c2)C1. The Kier molecular flexibility index (Phi) is 6.49. The fourth-order valence-corrected chi connectivity index (χ4v) is 3.27. The van der Waals surface area contributed by atoms with Crippen LogP contribution in [0.1, 0.15) is 12.0 Å². The summed E-state index contributed by atoms with van der Waals surface area (Å²) in [6.45, 7) is 1.10. The van der Waals surface area contributed by atoms with E-state index < -0.39 is 29.3 Å². The Morgan fingerprint density at radius 1 is 1.26 bits per heavy atom. The van der Waals surface area contributed by atoms with Crippen molar-refractivity contribution < 1.29 is 28.8 Å². The molecule has 2 amide bonds. The van der Waals surface area contributed by atoms with Gasteiger partial charge in [-0.25, -0.2) is 0 Å². The van der Waals surface area contributed by atoms with Gasteiger partial charge in [0.1, 0.15) is 5.75 Å². The Morgan fingerprint density at radius 2 is 2.00 bits per heavy atom. The van der Waals surface area contributed by atoms with Crippen molar-refractivity contribution in [3.63, 3.8) is 0 Å². The largest absolute Gasteiger partial charge is 0.495 e. The van der Waals surface area contributed by atoms with E-state index in [9.17, 15) is 24.5 Å². The number of benzene rings is 2. The number of carbonyl (C=O) groups excluding carboxylic acids is 3. The lowest BCUT2D eigenvalue weighted by molar-refractivity contribution is -0.385. The number of anilines is 2. The normalized spacial score (nSPS) is 15.5. The van der Waals surface area contributed by atoms with Crippen molar-refractivity contribution in [1.82, 2.24) is 0 Å². The maximum Gasteiger partial charge on any atom is 0.311 e. The topological polar surface area (TPSA) is 128 Å². The van der Waals surface area contributed by atoms with Crippen molar-refractivity contribution in [2.45, 2.75) is 13.3 Å². The Balaban J connectivity index is 1.58. The number of methoxy groups -OCH3 is 1. The van der Waals surface area contributed by atoms with Crippen LogP contribution in [-0.4, -0.2) is 43.0 Å². The average molecular weight is 427 g/mol. The molecule has 2 aromatic carbocycles. The highest BCUT2D eigenvalue weighted by molar-refractivity contribution is 6.00. The molecule has 1 aliphatic heterocycles. The molecule has 31 heavy (non-hydrogen) atoms. The fraction of sp³-hybridized carbons (Fsp3) is 0.286. The van der Waals surface area contributed by atoms with Gasteiger partial charge in [0.2, 0.25) is 5.91 Å². The molecule has 0 aromatic heterocycles. The van der Waals surface area contributed by atoms with E-state index in [-0.39, 0.29) is 24.6 Å². The molecule has 1 saturated heterocycles. The summed E-state index contributed by atoms with van der Waals surface area (Å²) in [6, 6.07) is 11.2. The number of hydrogen-bond acceptors (Lipinski definition) is 7. The van der Waals surface area contributed by atoms with Crippen molar-refractivity contribution in [3.05, 3.63) is 58.1 Å². The van der Waals surface area contributed by atoms with Gasteiger partial charge in [0.25, 0.3) is 11.6 Å². The molecular weight excluding hydrogens is 406 g/mol. The summed E-state index contributed by atoms with van der Waals surface area (Å²) in [7, 11) is 1.47. The van der Waals surface area contributed by atoms with Gasteiger partial charge in [-0.05, 0) is 25.1 Å². The van der Waals surface area contributed by atoms with Crippen LogP contribution in [0.2, 0.25) is 0 Å². The number of amides is 2. The van der Waals surface area contributed by atoms with Gasteiger partial charge in [0.05, 0.1) is 29.3 Å². The molecule has 0 unspecified atom stereocenters. The van der Waals surface area contributed by atoms with Crippen molar-refractivity contribution in [2.75, 3.05) is 30.5 Å². The second-order valence-corrected chi connectivity index (χ2v) is 6.99. The van der Waals surface area contributed by atoms with E-state index in [2.05, 4.69) is 5.32 Å². The van der Waals surface area contributed by atoms with E-state index in [1.54, 1.807) is 43.3 Å². The van der Waals surface area contributed by atoms with Gasteiger partial charge in [-0.1, -0.05) is 18.2 Å². The number of rotatable bonds is 7. The second-order valence-electron chi connectivity index (χ2n) is 6.99. The quantitative estimate of drug-likeness (QED) is 0.408. The van der Waals surface area contributed by atoms with E-state index in [4.69, 9.17) is 9.47 Å². The van der Waals surface area contributed by atoms with E-state index >= 15 is 0 Å². The van der Waals surface area contributed by atoms with E-state index in [1.807, 2.05) is 0 Å². The predicted molar refractivity (Wildman–Crippen MR) is 111 cm³/mol. The van der Waals surface area contributed by atoms with Gasteiger partial charge in [0.15, 0.2) is 6.61 Å². The Labute approximate surface area is 177 Å². The van der Waals surface area contributed by atoms with Gasteiger partial charge in [-0.15, -0.1) is 0 Å². The first-order valence-electron chi connectivity index (χ1n) is 9.45. The van der Waals surface area contributed by atoms with Gasteiger partial charge >= 0.3 is 5.97 Å². The Hall–Kier alpha value is -3.95. The summed E-state index contributed by atoms with van der Waals surface area (Å²) >= 11 is 0. The summed E-state index contributed by atoms with van der Waals surface area (Å²) < 4.78 is 10.2. The van der Waals surface area contributed by atoms with E-state index in [0.717, 1.165) is 0 Å². The van der Waals surface area contributed by atoms with Crippen LogP contribution < -0.4 is 15.0 Å². The number of ether oxygens (including phenoxy) is 2. The molecule has 10 heteroatoms. The van der Waals surface area contributed by atoms with Crippen LogP contribution in [0.25, 0.3) is 0 Å². The number of nitrogens with one attached hydrogen (secondary N) is 1. The Bertz CT molecular complexity index is 1040. The van der Waals surface area contributed by atoms with Crippen LogP contribution in [0.4, 0.5) is 17.1 Å². The molecule has 0 spiro atoms. The lowest BCUT2D eigenvalue weighted by atomic mass is 10.1. The maximum atomic E-state index is 12.4. The molecule has 3 rings (SSSR count). The fourth-order valence-electron chi connectivity index (χ4n) is 3.27. The first kappa shape index (κ1) is 21.8. The van der Waals surface area contributed by atoms with Gasteiger partial charge in [0, 0.05) is 24.6 Å². The molecule has 0 saturated carbocycles. The smallest absolute Gasteiger partial charge is 0.311 e. The van der Waals surface area contributed by atoms with E-state index in [1.165, 1.54) is 18.1 Å². The summed E-state index contributed by atoms with van der Waals surface area (Å²) in [5.41, 5.74) is 1.14. The number of nitro groups is 1. The Morgan fingerprint density at radius 3 is 2.71 bits per heavy atom. The lowest BCUT2D eigenvalue weighted by Crippen LogP contribution is -2.28. The number of hydrogen-bond donors (Lipinski definition) is 1. The zero-order valence-corrected chi connectivity index (χ0v) is 17.0. The maximum absolute atomic E-state index is 12.4. The number of nitro benzene ring substituents is 1. The zero-order chi connectivity index (χ0) is 22.5. The minimum atomic E-state index is -0.771. The highest BCUT2D eigenvalue weighted by Gasteiger charge is 2.37. The zero-order valence-electron chi connectivity index (χ0n) is 17.0. The number of nitrogens with zero attached hydrogens (tertiary/aromatic N) is 2. The molecular formula is C21H21N3O7. The number of esters is 1. The summed E-state index contributed by atoms with van der Waals surface area (Å²) in [4.78, 5) is 48.8. The van der Waals surface area contributed by atoms with E-state index in [0.29, 0.717) is 22.7 Å². The number of aryl methyl sites for hydroxylation is 1. The summed E-state index contributed by atoms with van der Waals surface area (Å²) in [5.74, 6) is -1.89. The van der Waals surface area contributed by atoms with Crippen LogP contribution in [0.15, 0.2) is 42.5 Å². The minimum absolute atomic E-state index is 0.0199. The standard InChI is InChI=1S/C21H21N3O7/c1-13-7-8-15(10-17(13)24(28)29)23-11-14(9-20(23)26)21(27)31-12-19(25)22-16-5-3-4-6-18(16)30-2/h3-8,10,14H,9,11-12H2,1-2H3,(H,22,25)/t14-/m1/s1. The minimum Gasteiger partial charge on any atom is -0.495 e. The summed E-state index contributed by atoms with van der Waals surface area (Å²) in [6.07, 6.45) is -0.103. The molecule has 2 aromatic rings. The molecule has 1 atom stereocenters. The molecule has 1 heterocycles. The van der Waals surface area contributed by atoms with Gasteiger partial charge in [-0.2, -0.15) is 0 Å². The van der Waals surface area contributed by atoms with Crippen LogP contribution in [-0.2, 0) is 19.1 Å². The third kappa shape index (κ3) is 4.97. The summed E-state index contributed by atoms with van der Waals surface area (Å²) in [5, 5.41) is 13.7. The second kappa shape index (κ2) is 9.24. The van der Waals surface area contributed by atoms with Crippen LogP contribution in [0.3, 0.4) is 0 Å². The first-order chi connectivity index (χ1) is 14.8. The van der Waals surface area contributed by atoms with Crippen molar-refractivity contribution in [1.29, 1.82) is 0 Å².